The standard InChI is InChI=1S/C14H26N4/c1-12(2)8-18(11-14-5-4-6-15-14)10-13-7-16-17(3)9-13/h7,9,12,14-15H,4-6,8,10-11H2,1-3H3. The molecular weight excluding hydrogens is 224 g/mol. The molecule has 1 N–H and O–H groups in total. The van der Waals surface area contributed by atoms with Crippen LogP contribution in [0, 0.1) is 5.92 Å². The zero-order valence-corrected chi connectivity index (χ0v) is 11.9. The summed E-state index contributed by atoms with van der Waals surface area (Å²) in [7, 11) is 1.98. The molecule has 1 fully saturated rings. The van der Waals surface area contributed by atoms with Gasteiger partial charge in [-0.2, -0.15) is 5.10 Å². The third-order valence-electron chi connectivity index (χ3n) is 3.43. The molecule has 0 radical (unpaired) electrons. The molecule has 1 unspecified atom stereocenters. The third-order valence-corrected chi connectivity index (χ3v) is 3.43. The molecule has 1 aliphatic heterocycles. The Morgan fingerprint density at radius 3 is 2.94 bits per heavy atom. The molecule has 0 aliphatic carbocycles. The van der Waals surface area contributed by atoms with E-state index in [0.717, 1.165) is 19.6 Å². The van der Waals surface area contributed by atoms with Crippen molar-refractivity contribution in [2.24, 2.45) is 13.0 Å². The third kappa shape index (κ3) is 4.10. The van der Waals surface area contributed by atoms with Gasteiger partial charge in [0.25, 0.3) is 0 Å². The predicted molar refractivity (Wildman–Crippen MR) is 74.3 cm³/mol. The summed E-state index contributed by atoms with van der Waals surface area (Å²) in [6, 6.07) is 0.681. The van der Waals surface area contributed by atoms with E-state index >= 15 is 0 Å². The molecule has 1 aromatic rings. The minimum atomic E-state index is 0.681. The molecule has 2 rings (SSSR count). The van der Waals surface area contributed by atoms with Crippen molar-refractivity contribution >= 4 is 0 Å². The normalized spacial score (nSPS) is 20.2. The average Bonchev–Trinajstić information content (AvgIpc) is 2.89. The van der Waals surface area contributed by atoms with Crippen molar-refractivity contribution in [3.8, 4) is 0 Å². The number of aromatic nitrogens is 2. The molecule has 0 aromatic carbocycles. The number of rotatable bonds is 6. The van der Waals surface area contributed by atoms with E-state index < -0.39 is 0 Å². The van der Waals surface area contributed by atoms with Crippen LogP contribution >= 0.6 is 0 Å². The van der Waals surface area contributed by atoms with Crippen molar-refractivity contribution in [2.75, 3.05) is 19.6 Å². The summed E-state index contributed by atoms with van der Waals surface area (Å²) in [6.07, 6.45) is 6.75. The highest BCUT2D eigenvalue weighted by Crippen LogP contribution is 2.12. The Kier molecular flexibility index (Phi) is 4.78. The molecule has 4 heteroatoms. The van der Waals surface area contributed by atoms with Crippen LogP contribution in [0.15, 0.2) is 12.4 Å². The number of nitrogens with zero attached hydrogens (tertiary/aromatic N) is 3. The van der Waals surface area contributed by atoms with Crippen LogP contribution in [0.2, 0.25) is 0 Å². The average molecular weight is 250 g/mol. The monoisotopic (exact) mass is 250 g/mol. The van der Waals surface area contributed by atoms with E-state index in [1.54, 1.807) is 0 Å². The smallest absolute Gasteiger partial charge is 0.0534 e. The molecule has 0 bridgehead atoms. The van der Waals surface area contributed by atoms with Crippen LogP contribution in [0.5, 0.6) is 0 Å². The van der Waals surface area contributed by atoms with E-state index in [1.165, 1.54) is 24.9 Å². The summed E-state index contributed by atoms with van der Waals surface area (Å²) < 4.78 is 1.89. The van der Waals surface area contributed by atoms with Gasteiger partial charge in [-0.1, -0.05) is 13.8 Å². The molecule has 2 heterocycles. The highest BCUT2D eigenvalue weighted by atomic mass is 15.2. The van der Waals surface area contributed by atoms with Crippen molar-refractivity contribution in [1.82, 2.24) is 20.0 Å². The zero-order chi connectivity index (χ0) is 13.0. The summed E-state index contributed by atoms with van der Waals surface area (Å²) in [6.45, 7) is 9.11. The number of aryl methyl sites for hydroxylation is 1. The maximum absolute atomic E-state index is 4.26. The van der Waals surface area contributed by atoms with Crippen molar-refractivity contribution < 1.29 is 0 Å². The topological polar surface area (TPSA) is 33.1 Å². The molecular formula is C14H26N4. The lowest BCUT2D eigenvalue weighted by atomic mass is 10.1. The summed E-state index contributed by atoms with van der Waals surface area (Å²) in [4.78, 5) is 2.56. The summed E-state index contributed by atoms with van der Waals surface area (Å²) in [5.74, 6) is 0.711. The van der Waals surface area contributed by atoms with Gasteiger partial charge < -0.3 is 5.32 Å². The quantitative estimate of drug-likeness (QED) is 0.833. The first kappa shape index (κ1) is 13.6. The van der Waals surface area contributed by atoms with Crippen LogP contribution in [0.4, 0.5) is 0 Å². The van der Waals surface area contributed by atoms with Gasteiger partial charge in [-0.25, -0.2) is 0 Å². The van der Waals surface area contributed by atoms with Gasteiger partial charge in [-0.05, 0) is 25.3 Å². The fourth-order valence-corrected chi connectivity index (χ4v) is 2.76. The Hall–Kier alpha value is -0.870. The lowest BCUT2D eigenvalue weighted by molar-refractivity contribution is 0.216. The lowest BCUT2D eigenvalue weighted by Gasteiger charge is -2.26. The van der Waals surface area contributed by atoms with Crippen molar-refractivity contribution in [3.63, 3.8) is 0 Å². The van der Waals surface area contributed by atoms with Gasteiger partial charge in [0.1, 0.15) is 0 Å². The van der Waals surface area contributed by atoms with E-state index in [0.29, 0.717) is 12.0 Å². The summed E-state index contributed by atoms with van der Waals surface area (Å²) >= 11 is 0. The lowest BCUT2D eigenvalue weighted by Crippen LogP contribution is -2.38. The molecule has 0 spiro atoms. The zero-order valence-electron chi connectivity index (χ0n) is 11.9. The highest BCUT2D eigenvalue weighted by molar-refractivity contribution is 5.03. The Labute approximate surface area is 110 Å². The van der Waals surface area contributed by atoms with Crippen LogP contribution < -0.4 is 5.32 Å². The fourth-order valence-electron chi connectivity index (χ4n) is 2.76. The van der Waals surface area contributed by atoms with Gasteiger partial charge in [0, 0.05) is 44.5 Å². The molecule has 1 saturated heterocycles. The minimum Gasteiger partial charge on any atom is -0.313 e. The Bertz CT molecular complexity index is 352. The maximum atomic E-state index is 4.26. The summed E-state index contributed by atoms with van der Waals surface area (Å²) in [5, 5.41) is 7.84. The SMILES string of the molecule is CC(C)CN(Cc1cnn(C)c1)CC1CCCN1. The number of nitrogens with one attached hydrogen (secondary N) is 1. The minimum absolute atomic E-state index is 0.681. The van der Waals surface area contributed by atoms with Crippen LogP contribution in [-0.4, -0.2) is 40.4 Å². The first-order valence-corrected chi connectivity index (χ1v) is 7.06. The summed E-state index contributed by atoms with van der Waals surface area (Å²) in [5.41, 5.74) is 1.32. The highest BCUT2D eigenvalue weighted by Gasteiger charge is 2.18. The predicted octanol–water partition coefficient (Wildman–Crippen LogP) is 1.63. The van der Waals surface area contributed by atoms with Crippen LogP contribution in [0.25, 0.3) is 0 Å². The van der Waals surface area contributed by atoms with Gasteiger partial charge in [0.15, 0.2) is 0 Å². The van der Waals surface area contributed by atoms with E-state index in [2.05, 4.69) is 35.4 Å². The Morgan fingerprint density at radius 1 is 1.56 bits per heavy atom. The van der Waals surface area contributed by atoms with Gasteiger partial charge >= 0.3 is 0 Å². The fraction of sp³-hybridized carbons (Fsp3) is 0.786. The molecule has 4 nitrogen and oxygen atoms in total. The van der Waals surface area contributed by atoms with Gasteiger partial charge in [0.2, 0.25) is 0 Å². The van der Waals surface area contributed by atoms with Crippen molar-refractivity contribution in [1.29, 1.82) is 0 Å². The van der Waals surface area contributed by atoms with E-state index in [-0.39, 0.29) is 0 Å². The molecule has 1 aromatic heterocycles. The van der Waals surface area contributed by atoms with E-state index in [9.17, 15) is 0 Å². The largest absolute Gasteiger partial charge is 0.313 e. The van der Waals surface area contributed by atoms with E-state index in [4.69, 9.17) is 0 Å². The van der Waals surface area contributed by atoms with Gasteiger partial charge in [-0.3, -0.25) is 9.58 Å². The van der Waals surface area contributed by atoms with Crippen LogP contribution in [-0.2, 0) is 13.6 Å². The Balaban J connectivity index is 1.91. The first-order valence-electron chi connectivity index (χ1n) is 7.06. The number of hydrogen-bond donors (Lipinski definition) is 1. The van der Waals surface area contributed by atoms with Crippen molar-refractivity contribution in [2.45, 2.75) is 39.3 Å². The molecule has 18 heavy (non-hydrogen) atoms. The maximum Gasteiger partial charge on any atom is 0.0534 e. The van der Waals surface area contributed by atoms with E-state index in [1.807, 2.05) is 17.9 Å². The van der Waals surface area contributed by atoms with Crippen molar-refractivity contribution in [3.05, 3.63) is 18.0 Å². The Morgan fingerprint density at radius 2 is 2.39 bits per heavy atom. The second-order valence-electron chi connectivity index (χ2n) is 5.90. The van der Waals surface area contributed by atoms with Gasteiger partial charge in [-0.15, -0.1) is 0 Å². The second kappa shape index (κ2) is 6.34. The number of hydrogen-bond acceptors (Lipinski definition) is 3. The second-order valence-corrected chi connectivity index (χ2v) is 5.90. The molecule has 1 atom stereocenters. The van der Waals surface area contributed by atoms with Gasteiger partial charge in [0.05, 0.1) is 6.20 Å². The van der Waals surface area contributed by atoms with Crippen LogP contribution in [0.1, 0.15) is 32.3 Å². The molecule has 0 saturated carbocycles. The molecule has 1 aliphatic rings. The molecule has 0 amide bonds. The van der Waals surface area contributed by atoms with Crippen LogP contribution in [0.3, 0.4) is 0 Å². The first-order chi connectivity index (χ1) is 8.63. The molecule has 102 valence electrons.